The molecule has 1 rings (SSSR count). The zero-order chi connectivity index (χ0) is 12.0. The number of carbonyl (C=O) groups is 1. The van der Waals surface area contributed by atoms with Crippen molar-refractivity contribution in [2.45, 2.75) is 6.29 Å². The van der Waals surface area contributed by atoms with Gasteiger partial charge in [0.2, 0.25) is 0 Å². The van der Waals surface area contributed by atoms with Crippen molar-refractivity contribution >= 4 is 6.29 Å². The number of hydrogen-bond donors (Lipinski definition) is 1. The Morgan fingerprint density at radius 1 is 1.38 bits per heavy atom. The Bertz CT molecular complexity index is 346. The highest BCUT2D eigenvalue weighted by Crippen LogP contribution is 2.26. The van der Waals surface area contributed by atoms with Gasteiger partial charge in [-0.2, -0.15) is 0 Å². The van der Waals surface area contributed by atoms with E-state index in [2.05, 4.69) is 0 Å². The zero-order valence-corrected chi connectivity index (χ0v) is 9.17. The number of aromatic hydroxyl groups is 1. The zero-order valence-electron chi connectivity index (χ0n) is 9.17. The maximum atomic E-state index is 10.5. The number of aldehydes is 1. The third-order valence-corrected chi connectivity index (χ3v) is 2.02. The maximum Gasteiger partial charge on any atom is 0.191 e. The summed E-state index contributed by atoms with van der Waals surface area (Å²) in [5, 5.41) is 9.47. The molecule has 0 fully saturated rings. The Morgan fingerprint density at radius 2 is 2.06 bits per heavy atom. The van der Waals surface area contributed by atoms with Crippen LogP contribution in [0.3, 0.4) is 0 Å². The molecule has 1 aromatic rings. The summed E-state index contributed by atoms with van der Waals surface area (Å²) in [6, 6.07) is 4.34. The average Bonchev–Trinajstić information content (AvgIpc) is 2.32. The van der Waals surface area contributed by atoms with Crippen molar-refractivity contribution in [1.29, 1.82) is 0 Å². The summed E-state index contributed by atoms with van der Waals surface area (Å²) in [5.74, 6) is 0.195. The van der Waals surface area contributed by atoms with Crippen LogP contribution in [0, 0.1) is 0 Å². The SMILES string of the molecule is COC(COc1cc(C=O)ccc1O)OC. The Labute approximate surface area is 93.6 Å². The molecule has 0 atom stereocenters. The van der Waals surface area contributed by atoms with E-state index in [4.69, 9.17) is 14.2 Å². The van der Waals surface area contributed by atoms with Gasteiger partial charge in [0, 0.05) is 19.8 Å². The fourth-order valence-corrected chi connectivity index (χ4v) is 1.11. The normalized spacial score (nSPS) is 10.4. The van der Waals surface area contributed by atoms with Gasteiger partial charge in [-0.15, -0.1) is 0 Å². The van der Waals surface area contributed by atoms with Crippen molar-refractivity contribution in [3.05, 3.63) is 23.8 Å². The van der Waals surface area contributed by atoms with E-state index in [-0.39, 0.29) is 18.1 Å². The van der Waals surface area contributed by atoms with Crippen LogP contribution >= 0.6 is 0 Å². The molecule has 16 heavy (non-hydrogen) atoms. The van der Waals surface area contributed by atoms with Crippen LogP contribution < -0.4 is 4.74 Å². The van der Waals surface area contributed by atoms with E-state index in [9.17, 15) is 9.90 Å². The molecule has 0 aliphatic carbocycles. The van der Waals surface area contributed by atoms with Crippen LogP contribution in [-0.4, -0.2) is 38.5 Å². The predicted molar refractivity (Wildman–Crippen MR) is 56.8 cm³/mol. The summed E-state index contributed by atoms with van der Waals surface area (Å²) < 4.78 is 15.1. The molecule has 0 aliphatic rings. The molecule has 0 heterocycles. The molecule has 0 amide bonds. The lowest BCUT2D eigenvalue weighted by atomic mass is 10.2. The first-order valence-electron chi connectivity index (χ1n) is 4.67. The highest BCUT2D eigenvalue weighted by atomic mass is 16.7. The second kappa shape index (κ2) is 6.09. The molecular formula is C11H14O5. The number of phenolic OH excluding ortho intramolecular Hbond substituents is 1. The van der Waals surface area contributed by atoms with Crippen LogP contribution in [0.1, 0.15) is 10.4 Å². The summed E-state index contributed by atoms with van der Waals surface area (Å²) in [5.41, 5.74) is 0.430. The number of ether oxygens (including phenoxy) is 3. The molecule has 88 valence electrons. The van der Waals surface area contributed by atoms with E-state index >= 15 is 0 Å². The van der Waals surface area contributed by atoms with E-state index in [1.807, 2.05) is 0 Å². The molecule has 0 aromatic heterocycles. The number of benzene rings is 1. The predicted octanol–water partition coefficient (Wildman–Crippen LogP) is 1.20. The van der Waals surface area contributed by atoms with Gasteiger partial charge in [0.1, 0.15) is 12.9 Å². The molecule has 5 nitrogen and oxygen atoms in total. The van der Waals surface area contributed by atoms with Gasteiger partial charge in [-0.1, -0.05) is 0 Å². The monoisotopic (exact) mass is 226 g/mol. The first-order valence-corrected chi connectivity index (χ1v) is 4.67. The number of carbonyl (C=O) groups excluding carboxylic acids is 1. The van der Waals surface area contributed by atoms with Crippen LogP contribution in [0.15, 0.2) is 18.2 Å². The van der Waals surface area contributed by atoms with Crippen molar-refractivity contribution in [1.82, 2.24) is 0 Å². The quantitative estimate of drug-likeness (QED) is 0.583. The minimum absolute atomic E-state index is 0.0310. The lowest BCUT2D eigenvalue weighted by Crippen LogP contribution is -2.22. The number of rotatable bonds is 6. The van der Waals surface area contributed by atoms with E-state index in [0.717, 1.165) is 0 Å². The molecule has 1 aromatic carbocycles. The van der Waals surface area contributed by atoms with Gasteiger partial charge < -0.3 is 19.3 Å². The molecule has 0 saturated carbocycles. The standard InChI is InChI=1S/C11H14O5/c1-14-11(15-2)7-16-10-5-8(6-12)3-4-9(10)13/h3-6,11,13H,7H2,1-2H3. The van der Waals surface area contributed by atoms with Gasteiger partial charge in [-0.3, -0.25) is 4.79 Å². The first-order chi connectivity index (χ1) is 7.71. The average molecular weight is 226 g/mol. The topological polar surface area (TPSA) is 65.0 Å². The van der Waals surface area contributed by atoms with Gasteiger partial charge in [-0.05, 0) is 18.2 Å². The molecule has 0 unspecified atom stereocenters. The Morgan fingerprint density at radius 3 is 2.62 bits per heavy atom. The molecule has 0 saturated heterocycles. The third kappa shape index (κ3) is 3.22. The Hall–Kier alpha value is -1.59. The largest absolute Gasteiger partial charge is 0.504 e. The first kappa shape index (κ1) is 12.5. The Kier molecular flexibility index (Phi) is 4.75. The van der Waals surface area contributed by atoms with Crippen LogP contribution in [-0.2, 0) is 9.47 Å². The summed E-state index contributed by atoms with van der Waals surface area (Å²) in [4.78, 5) is 10.5. The van der Waals surface area contributed by atoms with E-state index < -0.39 is 6.29 Å². The highest BCUT2D eigenvalue weighted by Gasteiger charge is 2.09. The fourth-order valence-electron chi connectivity index (χ4n) is 1.11. The smallest absolute Gasteiger partial charge is 0.191 e. The van der Waals surface area contributed by atoms with Gasteiger partial charge in [0.05, 0.1) is 0 Å². The van der Waals surface area contributed by atoms with Crippen molar-refractivity contribution in [3.63, 3.8) is 0 Å². The highest BCUT2D eigenvalue weighted by molar-refractivity contribution is 5.76. The van der Waals surface area contributed by atoms with E-state index in [1.54, 1.807) is 0 Å². The van der Waals surface area contributed by atoms with Crippen LogP contribution in [0.2, 0.25) is 0 Å². The Balaban J connectivity index is 2.68. The summed E-state index contributed by atoms with van der Waals surface area (Å²) in [7, 11) is 2.97. The second-order valence-corrected chi connectivity index (χ2v) is 3.06. The summed E-state index contributed by atoms with van der Waals surface area (Å²) in [6.45, 7) is 0.128. The van der Waals surface area contributed by atoms with Crippen LogP contribution in [0.4, 0.5) is 0 Å². The third-order valence-electron chi connectivity index (χ3n) is 2.02. The maximum absolute atomic E-state index is 10.5. The van der Waals surface area contributed by atoms with Gasteiger partial charge >= 0.3 is 0 Å². The van der Waals surface area contributed by atoms with Gasteiger partial charge in [0.25, 0.3) is 0 Å². The molecule has 0 bridgehead atoms. The lowest BCUT2D eigenvalue weighted by molar-refractivity contribution is -0.122. The number of hydrogen-bond acceptors (Lipinski definition) is 5. The molecule has 5 heteroatoms. The van der Waals surface area contributed by atoms with Crippen molar-refractivity contribution in [3.8, 4) is 11.5 Å². The second-order valence-electron chi connectivity index (χ2n) is 3.06. The van der Waals surface area contributed by atoms with E-state index in [0.29, 0.717) is 11.8 Å². The van der Waals surface area contributed by atoms with Crippen molar-refractivity contribution in [2.75, 3.05) is 20.8 Å². The molecule has 0 radical (unpaired) electrons. The summed E-state index contributed by atoms with van der Waals surface area (Å²) in [6.07, 6.45) is 0.162. The number of phenols is 1. The van der Waals surface area contributed by atoms with E-state index in [1.165, 1.54) is 32.4 Å². The van der Waals surface area contributed by atoms with Gasteiger partial charge in [-0.25, -0.2) is 0 Å². The van der Waals surface area contributed by atoms with Gasteiger partial charge in [0.15, 0.2) is 17.8 Å². The van der Waals surface area contributed by atoms with Crippen molar-refractivity contribution < 1.29 is 24.1 Å². The fraction of sp³-hybridized carbons (Fsp3) is 0.364. The minimum atomic E-state index is -0.515. The molecule has 1 N–H and O–H groups in total. The molecule has 0 aliphatic heterocycles. The molecule has 0 spiro atoms. The summed E-state index contributed by atoms with van der Waals surface area (Å²) >= 11 is 0. The number of methoxy groups -OCH3 is 2. The van der Waals surface area contributed by atoms with Crippen LogP contribution in [0.5, 0.6) is 11.5 Å². The van der Waals surface area contributed by atoms with Crippen molar-refractivity contribution in [2.24, 2.45) is 0 Å². The molecular weight excluding hydrogens is 212 g/mol. The van der Waals surface area contributed by atoms with Crippen LogP contribution in [0.25, 0.3) is 0 Å². The lowest BCUT2D eigenvalue weighted by Gasteiger charge is -2.15. The minimum Gasteiger partial charge on any atom is -0.504 e.